The van der Waals surface area contributed by atoms with Crippen LogP contribution in [0.15, 0.2) is 66.7 Å². The van der Waals surface area contributed by atoms with E-state index in [1.807, 2.05) is 55.5 Å². The number of ether oxygens (including phenoxy) is 2. The zero-order valence-electron chi connectivity index (χ0n) is 22.2. The van der Waals surface area contributed by atoms with Crippen molar-refractivity contribution in [2.75, 3.05) is 32.5 Å². The molecule has 1 saturated heterocycles. The van der Waals surface area contributed by atoms with Crippen molar-refractivity contribution >= 4 is 21.0 Å². The van der Waals surface area contributed by atoms with Crippen LogP contribution in [0.1, 0.15) is 48.6 Å². The normalized spacial score (nSPS) is 18.0. The van der Waals surface area contributed by atoms with Crippen LogP contribution in [-0.2, 0) is 15.6 Å². The molecule has 7 heteroatoms. The van der Waals surface area contributed by atoms with Gasteiger partial charge in [0, 0.05) is 37.0 Å². The zero-order valence-corrected chi connectivity index (χ0v) is 23.0. The molecule has 0 unspecified atom stereocenters. The highest BCUT2D eigenvalue weighted by Gasteiger charge is 2.30. The number of phenols is 1. The predicted octanol–water partition coefficient (Wildman–Crippen LogP) is 5.72. The number of benzene rings is 3. The van der Waals surface area contributed by atoms with E-state index in [-0.39, 0.29) is 17.6 Å². The van der Waals surface area contributed by atoms with Crippen LogP contribution in [-0.4, -0.2) is 50.9 Å². The maximum Gasteiger partial charge on any atom is 0.151 e. The van der Waals surface area contributed by atoms with Crippen molar-refractivity contribution in [2.45, 2.75) is 32.1 Å². The second-order valence-corrected chi connectivity index (χ2v) is 12.6. The molecular weight excluding hydrogens is 498 g/mol. The van der Waals surface area contributed by atoms with Gasteiger partial charge in [-0.25, -0.2) is 8.42 Å². The van der Waals surface area contributed by atoms with Crippen molar-refractivity contribution in [1.82, 2.24) is 4.90 Å². The molecule has 0 radical (unpaired) electrons. The summed E-state index contributed by atoms with van der Waals surface area (Å²) >= 11 is 0. The number of aromatic hydroxyl groups is 1. The van der Waals surface area contributed by atoms with Gasteiger partial charge in [0.1, 0.15) is 30.0 Å². The standard InChI is InChI=1S/C31H35NO5S/c1-4-22-18-32(19-22)15-16-36-27-12-9-25(10-13-27)31-30(21(2)28-17-26(33)11-14-29(28)37-31)24-7-5-23(6-8-24)20-38(3,34)35/h5-14,17,22,31,33H,4,15-16,18-20H2,1-3H3/t31-/m0/s1. The Bertz CT molecular complexity index is 1420. The van der Waals surface area contributed by atoms with E-state index < -0.39 is 9.84 Å². The third kappa shape index (κ3) is 5.89. The minimum atomic E-state index is -3.12. The summed E-state index contributed by atoms with van der Waals surface area (Å²) < 4.78 is 36.0. The first-order chi connectivity index (χ1) is 18.2. The zero-order chi connectivity index (χ0) is 26.9. The lowest BCUT2D eigenvalue weighted by Gasteiger charge is -2.38. The van der Waals surface area contributed by atoms with Gasteiger partial charge in [-0.1, -0.05) is 49.7 Å². The summed E-state index contributed by atoms with van der Waals surface area (Å²) in [5.74, 6) is 2.55. The average Bonchev–Trinajstić information content (AvgIpc) is 2.86. The van der Waals surface area contributed by atoms with Gasteiger partial charge in [0.05, 0.1) is 5.75 Å². The van der Waals surface area contributed by atoms with E-state index in [0.29, 0.717) is 12.4 Å². The Hall–Kier alpha value is -3.29. The average molecular weight is 534 g/mol. The quantitative estimate of drug-likeness (QED) is 0.379. The number of nitrogens with zero attached hydrogens (tertiary/aromatic N) is 1. The summed E-state index contributed by atoms with van der Waals surface area (Å²) in [6.45, 7) is 8.21. The number of likely N-dealkylation sites (tertiary alicyclic amines) is 1. The Morgan fingerprint density at radius 3 is 2.39 bits per heavy atom. The molecule has 5 rings (SSSR count). The molecule has 200 valence electrons. The summed E-state index contributed by atoms with van der Waals surface area (Å²) in [4.78, 5) is 2.43. The van der Waals surface area contributed by atoms with Gasteiger partial charge in [0.25, 0.3) is 0 Å². The van der Waals surface area contributed by atoms with Gasteiger partial charge in [-0.3, -0.25) is 4.90 Å². The minimum absolute atomic E-state index is 0.000349. The third-order valence-electron chi connectivity index (χ3n) is 7.44. The largest absolute Gasteiger partial charge is 0.508 e. The maximum atomic E-state index is 11.8. The Kier molecular flexibility index (Phi) is 7.50. The van der Waals surface area contributed by atoms with E-state index in [1.54, 1.807) is 18.2 Å². The van der Waals surface area contributed by atoms with Crippen LogP contribution in [0.25, 0.3) is 11.1 Å². The molecule has 0 aromatic heterocycles. The Morgan fingerprint density at radius 1 is 1.03 bits per heavy atom. The molecule has 0 amide bonds. The number of allylic oxidation sites excluding steroid dienone is 1. The fourth-order valence-electron chi connectivity index (χ4n) is 5.28. The highest BCUT2D eigenvalue weighted by molar-refractivity contribution is 7.89. The van der Waals surface area contributed by atoms with Crippen LogP contribution in [0.4, 0.5) is 0 Å². The Balaban J connectivity index is 1.39. The lowest BCUT2D eigenvalue weighted by Crippen LogP contribution is -2.47. The van der Waals surface area contributed by atoms with Gasteiger partial charge in [-0.05, 0) is 65.4 Å². The monoisotopic (exact) mass is 533 g/mol. The topological polar surface area (TPSA) is 76.1 Å². The molecule has 0 saturated carbocycles. The Morgan fingerprint density at radius 2 is 1.74 bits per heavy atom. The van der Waals surface area contributed by atoms with Crippen molar-refractivity contribution in [3.05, 3.63) is 89.0 Å². The lowest BCUT2D eigenvalue weighted by atomic mass is 9.86. The maximum absolute atomic E-state index is 11.8. The molecule has 1 fully saturated rings. The number of hydrogen-bond acceptors (Lipinski definition) is 6. The fourth-order valence-corrected chi connectivity index (χ4v) is 6.07. The summed E-state index contributed by atoms with van der Waals surface area (Å²) in [5.41, 5.74) is 5.49. The van der Waals surface area contributed by atoms with Crippen LogP contribution in [0, 0.1) is 5.92 Å². The first-order valence-corrected chi connectivity index (χ1v) is 15.2. The molecule has 3 aromatic rings. The van der Waals surface area contributed by atoms with E-state index >= 15 is 0 Å². The molecule has 38 heavy (non-hydrogen) atoms. The van der Waals surface area contributed by atoms with Gasteiger partial charge in [-0.2, -0.15) is 0 Å². The van der Waals surface area contributed by atoms with Gasteiger partial charge in [0.15, 0.2) is 9.84 Å². The van der Waals surface area contributed by atoms with Crippen molar-refractivity contribution in [3.63, 3.8) is 0 Å². The van der Waals surface area contributed by atoms with Crippen LogP contribution in [0.5, 0.6) is 17.2 Å². The van der Waals surface area contributed by atoms with Gasteiger partial charge < -0.3 is 14.6 Å². The van der Waals surface area contributed by atoms with E-state index in [0.717, 1.165) is 51.6 Å². The molecule has 1 N–H and O–H groups in total. The number of hydrogen-bond donors (Lipinski definition) is 1. The first kappa shape index (κ1) is 26.3. The summed E-state index contributed by atoms with van der Waals surface area (Å²) in [6.07, 6.45) is 2.12. The molecule has 6 nitrogen and oxygen atoms in total. The summed E-state index contributed by atoms with van der Waals surface area (Å²) in [7, 11) is -3.12. The number of sulfone groups is 1. The molecule has 2 aliphatic heterocycles. The van der Waals surface area contributed by atoms with Gasteiger partial charge >= 0.3 is 0 Å². The molecular formula is C31H35NO5S. The molecule has 2 aliphatic rings. The van der Waals surface area contributed by atoms with E-state index in [2.05, 4.69) is 11.8 Å². The second kappa shape index (κ2) is 10.8. The van der Waals surface area contributed by atoms with Gasteiger partial charge in [0.2, 0.25) is 0 Å². The van der Waals surface area contributed by atoms with E-state index in [4.69, 9.17) is 9.47 Å². The number of rotatable bonds is 9. The molecule has 1 atom stereocenters. The predicted molar refractivity (Wildman–Crippen MR) is 151 cm³/mol. The van der Waals surface area contributed by atoms with Crippen molar-refractivity contribution in [3.8, 4) is 17.2 Å². The minimum Gasteiger partial charge on any atom is -0.508 e. The Labute approximate surface area is 225 Å². The van der Waals surface area contributed by atoms with Crippen molar-refractivity contribution in [1.29, 1.82) is 0 Å². The van der Waals surface area contributed by atoms with Crippen LogP contribution in [0.2, 0.25) is 0 Å². The fraction of sp³-hybridized carbons (Fsp3) is 0.355. The van der Waals surface area contributed by atoms with E-state index in [9.17, 15) is 13.5 Å². The summed E-state index contributed by atoms with van der Waals surface area (Å²) in [6, 6.07) is 20.8. The number of fused-ring (bicyclic) bond motifs is 1. The van der Waals surface area contributed by atoms with Crippen LogP contribution >= 0.6 is 0 Å². The van der Waals surface area contributed by atoms with Crippen LogP contribution < -0.4 is 9.47 Å². The van der Waals surface area contributed by atoms with Crippen molar-refractivity contribution in [2.24, 2.45) is 5.92 Å². The second-order valence-electron chi connectivity index (χ2n) is 10.4. The van der Waals surface area contributed by atoms with Crippen LogP contribution in [0.3, 0.4) is 0 Å². The highest BCUT2D eigenvalue weighted by Crippen LogP contribution is 2.47. The van der Waals surface area contributed by atoms with Crippen molar-refractivity contribution < 1.29 is 23.0 Å². The summed E-state index contributed by atoms with van der Waals surface area (Å²) in [5, 5.41) is 10.1. The van der Waals surface area contributed by atoms with E-state index in [1.165, 1.54) is 25.8 Å². The molecule has 0 spiro atoms. The van der Waals surface area contributed by atoms with Gasteiger partial charge in [-0.15, -0.1) is 0 Å². The smallest absolute Gasteiger partial charge is 0.151 e. The third-order valence-corrected chi connectivity index (χ3v) is 8.30. The lowest BCUT2D eigenvalue weighted by molar-refractivity contribution is 0.0806. The first-order valence-electron chi connectivity index (χ1n) is 13.1. The molecule has 3 aromatic carbocycles. The number of phenolic OH excluding ortho intramolecular Hbond substituents is 1. The molecule has 0 aliphatic carbocycles. The SMILES string of the molecule is CCC1CN(CCOc2ccc([C@@H]3Oc4ccc(O)cc4C(C)=C3c3ccc(CS(C)(=O)=O)cc3)cc2)C1. The molecule has 0 bridgehead atoms. The molecule has 2 heterocycles. The highest BCUT2D eigenvalue weighted by atomic mass is 32.2.